The Bertz CT molecular complexity index is 856. The van der Waals surface area contributed by atoms with Gasteiger partial charge in [0.15, 0.2) is 0 Å². The van der Waals surface area contributed by atoms with Crippen LogP contribution in [0.4, 0.5) is 5.69 Å². The summed E-state index contributed by atoms with van der Waals surface area (Å²) in [5, 5.41) is 7.00. The molecule has 1 aromatic heterocycles. The number of hydrazone groups is 1. The summed E-state index contributed by atoms with van der Waals surface area (Å²) in [6.07, 6.45) is 2.96. The minimum absolute atomic E-state index is 0.0264. The lowest BCUT2D eigenvalue weighted by atomic mass is 10.2. The zero-order valence-electron chi connectivity index (χ0n) is 15.1. The first-order valence-electron chi connectivity index (χ1n) is 7.89. The third kappa shape index (κ3) is 5.68. The van der Waals surface area contributed by atoms with Crippen LogP contribution in [0, 0.1) is 0 Å². The molecule has 1 heterocycles. The van der Waals surface area contributed by atoms with Crippen LogP contribution in [-0.4, -0.2) is 36.7 Å². The maximum Gasteiger partial charge on any atom is 0.272 e. The lowest BCUT2D eigenvalue weighted by Crippen LogP contribution is -2.21. The number of amides is 2. The van der Waals surface area contributed by atoms with Crippen molar-refractivity contribution in [2.24, 2.45) is 5.10 Å². The molecule has 9 heteroatoms. The van der Waals surface area contributed by atoms with Crippen LogP contribution in [0.5, 0.6) is 11.5 Å². The number of methoxy groups -OCH3 is 2. The molecule has 0 saturated heterocycles. The highest BCUT2D eigenvalue weighted by atomic mass is 35.5. The maximum atomic E-state index is 12.2. The van der Waals surface area contributed by atoms with Crippen LogP contribution in [-0.2, 0) is 4.79 Å². The molecule has 0 fully saturated rings. The van der Waals surface area contributed by atoms with Crippen LogP contribution in [0.2, 0.25) is 5.02 Å². The number of pyridine rings is 1. The molecule has 0 aliphatic rings. The van der Waals surface area contributed by atoms with Crippen molar-refractivity contribution in [2.45, 2.75) is 13.3 Å². The van der Waals surface area contributed by atoms with Crippen molar-refractivity contribution in [2.75, 3.05) is 19.5 Å². The Labute approximate surface area is 161 Å². The average Bonchev–Trinajstić information content (AvgIpc) is 2.67. The smallest absolute Gasteiger partial charge is 0.272 e. The van der Waals surface area contributed by atoms with Crippen molar-refractivity contribution in [1.82, 2.24) is 10.4 Å². The number of halogens is 1. The number of rotatable bonds is 7. The first-order chi connectivity index (χ1) is 12.9. The second-order valence-corrected chi connectivity index (χ2v) is 5.85. The van der Waals surface area contributed by atoms with Crippen molar-refractivity contribution in [1.29, 1.82) is 0 Å². The van der Waals surface area contributed by atoms with E-state index in [1.165, 1.54) is 20.4 Å². The average molecular weight is 391 g/mol. The van der Waals surface area contributed by atoms with E-state index in [4.69, 9.17) is 21.1 Å². The van der Waals surface area contributed by atoms with Gasteiger partial charge in [0.1, 0.15) is 11.5 Å². The minimum Gasteiger partial charge on any atom is -0.495 e. The molecule has 0 unspecified atom stereocenters. The molecule has 0 bridgehead atoms. The Morgan fingerprint density at radius 2 is 1.96 bits per heavy atom. The highest BCUT2D eigenvalue weighted by Crippen LogP contribution is 2.35. The van der Waals surface area contributed by atoms with Crippen LogP contribution >= 0.6 is 11.6 Å². The van der Waals surface area contributed by atoms with Gasteiger partial charge in [0.05, 0.1) is 36.9 Å². The van der Waals surface area contributed by atoms with Crippen molar-refractivity contribution in [3.8, 4) is 11.5 Å². The summed E-state index contributed by atoms with van der Waals surface area (Å²) in [6.45, 7) is 1.63. The summed E-state index contributed by atoms with van der Waals surface area (Å²) in [5.41, 5.74) is 3.59. The van der Waals surface area contributed by atoms with Gasteiger partial charge in [0.25, 0.3) is 5.91 Å². The third-order valence-electron chi connectivity index (χ3n) is 3.44. The number of nitrogens with zero attached hydrogens (tertiary/aromatic N) is 2. The van der Waals surface area contributed by atoms with Crippen molar-refractivity contribution >= 4 is 34.8 Å². The Balaban J connectivity index is 1.99. The fourth-order valence-corrected chi connectivity index (χ4v) is 2.36. The predicted molar refractivity (Wildman–Crippen MR) is 103 cm³/mol. The van der Waals surface area contributed by atoms with E-state index in [1.54, 1.807) is 37.4 Å². The highest BCUT2D eigenvalue weighted by Gasteiger charge is 2.13. The topological polar surface area (TPSA) is 102 Å². The number of hydrogen-bond donors (Lipinski definition) is 2. The van der Waals surface area contributed by atoms with Gasteiger partial charge in [-0.3, -0.25) is 14.6 Å². The van der Waals surface area contributed by atoms with E-state index in [-0.39, 0.29) is 12.3 Å². The summed E-state index contributed by atoms with van der Waals surface area (Å²) in [4.78, 5) is 28.0. The molecule has 142 valence electrons. The van der Waals surface area contributed by atoms with Crippen molar-refractivity contribution in [3.05, 3.63) is 47.2 Å². The molecule has 27 heavy (non-hydrogen) atoms. The zero-order valence-corrected chi connectivity index (χ0v) is 15.8. The van der Waals surface area contributed by atoms with E-state index in [2.05, 4.69) is 20.8 Å². The number of benzene rings is 1. The molecule has 0 aliphatic carbocycles. The SMILES string of the molecule is COc1cc(NC(=O)C/C(C)=N/NC(=O)c2cccnc2)c(OC)cc1Cl. The number of hydrogen-bond acceptors (Lipinski definition) is 6. The monoisotopic (exact) mass is 390 g/mol. The number of ether oxygens (including phenoxy) is 2. The molecule has 0 atom stereocenters. The molecule has 0 radical (unpaired) electrons. The molecule has 0 aliphatic heterocycles. The molecular formula is C18H19ClN4O4. The number of nitrogens with one attached hydrogen (secondary N) is 2. The first-order valence-corrected chi connectivity index (χ1v) is 8.27. The lowest BCUT2D eigenvalue weighted by Gasteiger charge is -2.13. The van der Waals surface area contributed by atoms with Gasteiger partial charge in [0, 0.05) is 30.2 Å². The van der Waals surface area contributed by atoms with E-state index in [9.17, 15) is 9.59 Å². The second-order valence-electron chi connectivity index (χ2n) is 5.44. The number of carbonyl (C=O) groups excluding carboxylic acids is 2. The summed E-state index contributed by atoms with van der Waals surface area (Å²) in [6, 6.07) is 6.37. The van der Waals surface area contributed by atoms with Gasteiger partial charge in [-0.25, -0.2) is 5.43 Å². The van der Waals surface area contributed by atoms with Crippen molar-refractivity contribution in [3.63, 3.8) is 0 Å². The van der Waals surface area contributed by atoms with E-state index in [0.29, 0.717) is 33.5 Å². The van der Waals surface area contributed by atoms with Crippen molar-refractivity contribution < 1.29 is 19.1 Å². The van der Waals surface area contributed by atoms with E-state index in [0.717, 1.165) is 0 Å². The molecule has 2 rings (SSSR count). The largest absolute Gasteiger partial charge is 0.495 e. The number of anilines is 1. The van der Waals surface area contributed by atoms with Crippen LogP contribution in [0.25, 0.3) is 0 Å². The molecular weight excluding hydrogens is 372 g/mol. The van der Waals surface area contributed by atoms with E-state index < -0.39 is 5.91 Å². The van der Waals surface area contributed by atoms with Gasteiger partial charge in [-0.2, -0.15) is 5.10 Å². The van der Waals surface area contributed by atoms with Gasteiger partial charge < -0.3 is 14.8 Å². The molecule has 2 aromatic rings. The fraction of sp³-hybridized carbons (Fsp3) is 0.222. The van der Waals surface area contributed by atoms with Crippen LogP contribution in [0.3, 0.4) is 0 Å². The zero-order chi connectivity index (χ0) is 19.8. The predicted octanol–water partition coefficient (Wildman–Crippen LogP) is 2.89. The Hall–Kier alpha value is -3.13. The Morgan fingerprint density at radius 1 is 1.22 bits per heavy atom. The van der Waals surface area contributed by atoms with Gasteiger partial charge in [-0.05, 0) is 19.1 Å². The molecule has 8 nitrogen and oxygen atoms in total. The Morgan fingerprint density at radius 3 is 2.59 bits per heavy atom. The number of carbonyl (C=O) groups is 2. The highest BCUT2D eigenvalue weighted by molar-refractivity contribution is 6.32. The lowest BCUT2D eigenvalue weighted by molar-refractivity contribution is -0.115. The van der Waals surface area contributed by atoms with Gasteiger partial charge in [-0.1, -0.05) is 11.6 Å². The maximum absolute atomic E-state index is 12.2. The summed E-state index contributed by atoms with van der Waals surface area (Å²) < 4.78 is 10.4. The second kappa shape index (κ2) is 9.54. The van der Waals surface area contributed by atoms with Crippen LogP contribution in [0.15, 0.2) is 41.8 Å². The third-order valence-corrected chi connectivity index (χ3v) is 3.73. The van der Waals surface area contributed by atoms with Gasteiger partial charge >= 0.3 is 0 Å². The normalized spacial score (nSPS) is 10.9. The summed E-state index contributed by atoms with van der Waals surface area (Å²) in [5.74, 6) is 0.0528. The summed E-state index contributed by atoms with van der Waals surface area (Å²) in [7, 11) is 2.94. The molecule has 2 amide bonds. The van der Waals surface area contributed by atoms with Gasteiger partial charge in [-0.15, -0.1) is 0 Å². The minimum atomic E-state index is -0.410. The number of aromatic nitrogens is 1. The molecule has 0 spiro atoms. The van der Waals surface area contributed by atoms with Crippen LogP contribution < -0.4 is 20.2 Å². The van der Waals surface area contributed by atoms with E-state index >= 15 is 0 Å². The molecule has 0 saturated carbocycles. The standard InChI is InChI=1S/C18H19ClN4O4/c1-11(22-23-18(25)12-5-4-6-20-10-12)7-17(24)21-14-9-15(26-2)13(19)8-16(14)27-3/h4-6,8-10H,7H2,1-3H3,(H,21,24)(H,23,25)/b22-11+. The Kier molecular flexibility index (Phi) is 7.13. The molecule has 1 aromatic carbocycles. The van der Waals surface area contributed by atoms with Gasteiger partial charge in [0.2, 0.25) is 5.91 Å². The van der Waals surface area contributed by atoms with E-state index in [1.807, 2.05) is 0 Å². The van der Waals surface area contributed by atoms with Crippen LogP contribution in [0.1, 0.15) is 23.7 Å². The fourth-order valence-electron chi connectivity index (χ4n) is 2.13. The summed E-state index contributed by atoms with van der Waals surface area (Å²) >= 11 is 6.04. The first kappa shape index (κ1) is 20.2. The quantitative estimate of drug-likeness (QED) is 0.559. The molecule has 2 N–H and O–H groups in total.